The molecule has 0 aliphatic carbocycles. The smallest absolute Gasteiger partial charge is 0.246 e. The average Bonchev–Trinajstić information content (AvgIpc) is 2.47. The van der Waals surface area contributed by atoms with E-state index in [1.165, 1.54) is 16.6 Å². The van der Waals surface area contributed by atoms with Crippen LogP contribution in [0.1, 0.15) is 20.3 Å². The van der Waals surface area contributed by atoms with Crippen molar-refractivity contribution in [3.8, 4) is 0 Å². The molecule has 20 heavy (non-hydrogen) atoms. The molecule has 1 unspecified atom stereocenters. The Labute approximate surface area is 125 Å². The molecule has 7 heteroatoms. The highest BCUT2D eigenvalue weighted by molar-refractivity contribution is 7.89. The number of sulfonamides is 1. The molecule has 1 aliphatic rings. The summed E-state index contributed by atoms with van der Waals surface area (Å²) in [4.78, 5) is 6.26. The number of aromatic nitrogens is 1. The molecule has 0 N–H and O–H groups in total. The molecule has 0 spiro atoms. The fourth-order valence-corrected chi connectivity index (χ4v) is 4.20. The molecular weight excluding hydrogens is 298 g/mol. The van der Waals surface area contributed by atoms with Gasteiger partial charge in [0.15, 0.2) is 0 Å². The minimum absolute atomic E-state index is 0.0388. The van der Waals surface area contributed by atoms with Gasteiger partial charge in [0.25, 0.3) is 0 Å². The van der Waals surface area contributed by atoms with E-state index in [1.807, 2.05) is 0 Å². The highest BCUT2D eigenvalue weighted by atomic mass is 35.5. The monoisotopic (exact) mass is 317 g/mol. The van der Waals surface area contributed by atoms with Gasteiger partial charge in [-0.05, 0) is 25.5 Å². The van der Waals surface area contributed by atoms with Crippen molar-refractivity contribution in [1.82, 2.24) is 14.2 Å². The summed E-state index contributed by atoms with van der Waals surface area (Å²) in [6.45, 7) is 6.82. The van der Waals surface area contributed by atoms with Crippen molar-refractivity contribution >= 4 is 21.6 Å². The molecular formula is C13H20ClN3O2S. The zero-order chi connectivity index (χ0) is 14.8. The van der Waals surface area contributed by atoms with Crippen LogP contribution in [-0.4, -0.2) is 54.8 Å². The second-order valence-electron chi connectivity index (χ2n) is 4.99. The average molecular weight is 318 g/mol. The van der Waals surface area contributed by atoms with E-state index >= 15 is 0 Å². The second-order valence-corrected chi connectivity index (χ2v) is 7.25. The van der Waals surface area contributed by atoms with Crippen LogP contribution in [-0.2, 0) is 10.0 Å². The van der Waals surface area contributed by atoms with E-state index in [1.54, 1.807) is 6.07 Å². The Morgan fingerprint density at radius 1 is 1.35 bits per heavy atom. The SMILES string of the molecule is CCC(C)N1CCN(S(=O)(=O)c2cccnc2Cl)CC1. The van der Waals surface area contributed by atoms with Gasteiger partial charge in [0.1, 0.15) is 10.0 Å². The first-order valence-corrected chi connectivity index (χ1v) is 8.63. The van der Waals surface area contributed by atoms with Crippen LogP contribution >= 0.6 is 11.6 Å². The van der Waals surface area contributed by atoms with Gasteiger partial charge >= 0.3 is 0 Å². The third-order valence-corrected chi connectivity index (χ3v) is 6.17. The van der Waals surface area contributed by atoms with E-state index in [-0.39, 0.29) is 10.0 Å². The molecule has 0 radical (unpaired) electrons. The third kappa shape index (κ3) is 3.14. The van der Waals surface area contributed by atoms with Crippen LogP contribution in [0, 0.1) is 0 Å². The Bertz CT molecular complexity index is 556. The largest absolute Gasteiger partial charge is 0.298 e. The van der Waals surface area contributed by atoms with Gasteiger partial charge < -0.3 is 0 Å². The number of pyridine rings is 1. The molecule has 1 aromatic heterocycles. The Balaban J connectivity index is 2.12. The van der Waals surface area contributed by atoms with Crippen LogP contribution in [0.2, 0.25) is 5.15 Å². The Morgan fingerprint density at radius 3 is 2.55 bits per heavy atom. The van der Waals surface area contributed by atoms with E-state index in [0.717, 1.165) is 19.5 Å². The molecule has 1 fully saturated rings. The maximum Gasteiger partial charge on any atom is 0.246 e. The third-order valence-electron chi connectivity index (χ3n) is 3.83. The summed E-state index contributed by atoms with van der Waals surface area (Å²) in [5.74, 6) is 0. The van der Waals surface area contributed by atoms with Crippen molar-refractivity contribution in [2.24, 2.45) is 0 Å². The molecule has 2 rings (SSSR count). The number of piperazine rings is 1. The lowest BCUT2D eigenvalue weighted by Crippen LogP contribution is -2.51. The topological polar surface area (TPSA) is 53.5 Å². The van der Waals surface area contributed by atoms with Crippen LogP contribution in [0.25, 0.3) is 0 Å². The van der Waals surface area contributed by atoms with E-state index < -0.39 is 10.0 Å². The zero-order valence-electron chi connectivity index (χ0n) is 11.8. The molecule has 5 nitrogen and oxygen atoms in total. The summed E-state index contributed by atoms with van der Waals surface area (Å²) in [5.41, 5.74) is 0. The highest BCUT2D eigenvalue weighted by Gasteiger charge is 2.31. The number of hydrogen-bond acceptors (Lipinski definition) is 4. The van der Waals surface area contributed by atoms with E-state index in [2.05, 4.69) is 23.7 Å². The lowest BCUT2D eigenvalue weighted by molar-refractivity contribution is 0.142. The fraction of sp³-hybridized carbons (Fsp3) is 0.615. The molecule has 0 bridgehead atoms. The molecule has 0 saturated carbocycles. The van der Waals surface area contributed by atoms with E-state index in [9.17, 15) is 8.42 Å². The molecule has 1 atom stereocenters. The Hall–Kier alpha value is -0.690. The highest BCUT2D eigenvalue weighted by Crippen LogP contribution is 2.23. The predicted octanol–water partition coefficient (Wildman–Crippen LogP) is 1.84. The van der Waals surface area contributed by atoms with Crippen molar-refractivity contribution in [1.29, 1.82) is 0 Å². The van der Waals surface area contributed by atoms with Gasteiger partial charge in [-0.3, -0.25) is 4.90 Å². The number of halogens is 1. The molecule has 0 amide bonds. The summed E-state index contributed by atoms with van der Waals surface area (Å²) >= 11 is 5.90. The van der Waals surface area contributed by atoms with Crippen molar-refractivity contribution in [2.45, 2.75) is 31.2 Å². The zero-order valence-corrected chi connectivity index (χ0v) is 13.4. The van der Waals surface area contributed by atoms with Crippen molar-refractivity contribution in [2.75, 3.05) is 26.2 Å². The van der Waals surface area contributed by atoms with Gasteiger partial charge in [0.05, 0.1) is 0 Å². The first kappa shape index (κ1) is 15.7. The molecule has 1 saturated heterocycles. The van der Waals surface area contributed by atoms with Gasteiger partial charge in [0, 0.05) is 38.4 Å². The standard InChI is InChI=1S/C13H20ClN3O2S/c1-3-11(2)16-7-9-17(10-8-16)20(18,19)12-5-4-6-15-13(12)14/h4-6,11H,3,7-10H2,1-2H3. The van der Waals surface area contributed by atoms with Gasteiger partial charge in [-0.2, -0.15) is 4.31 Å². The van der Waals surface area contributed by atoms with Crippen LogP contribution in [0.3, 0.4) is 0 Å². The Kier molecular flexibility index (Phi) is 5.01. The number of rotatable bonds is 4. The lowest BCUT2D eigenvalue weighted by Gasteiger charge is -2.37. The normalized spacial score (nSPS) is 19.9. The van der Waals surface area contributed by atoms with Gasteiger partial charge in [-0.1, -0.05) is 18.5 Å². The Morgan fingerprint density at radius 2 is 2.00 bits per heavy atom. The van der Waals surface area contributed by atoms with Gasteiger partial charge in [-0.25, -0.2) is 13.4 Å². The fourth-order valence-electron chi connectivity index (χ4n) is 2.35. The predicted molar refractivity (Wildman–Crippen MR) is 79.3 cm³/mol. The molecule has 1 aromatic rings. The summed E-state index contributed by atoms with van der Waals surface area (Å²) in [7, 11) is -3.54. The minimum atomic E-state index is -3.54. The first-order valence-electron chi connectivity index (χ1n) is 6.81. The summed E-state index contributed by atoms with van der Waals surface area (Å²) < 4.78 is 26.6. The van der Waals surface area contributed by atoms with Gasteiger partial charge in [-0.15, -0.1) is 0 Å². The lowest BCUT2D eigenvalue weighted by atomic mass is 10.2. The summed E-state index contributed by atoms with van der Waals surface area (Å²) in [6, 6.07) is 3.58. The second kappa shape index (κ2) is 6.39. The quantitative estimate of drug-likeness (QED) is 0.795. The first-order chi connectivity index (χ1) is 9.46. The minimum Gasteiger partial charge on any atom is -0.298 e. The maximum absolute atomic E-state index is 12.5. The van der Waals surface area contributed by atoms with Crippen molar-refractivity contribution < 1.29 is 8.42 Å². The van der Waals surface area contributed by atoms with Crippen molar-refractivity contribution in [3.05, 3.63) is 23.5 Å². The van der Waals surface area contributed by atoms with Crippen LogP contribution in [0.4, 0.5) is 0 Å². The number of hydrogen-bond donors (Lipinski definition) is 0. The van der Waals surface area contributed by atoms with Crippen LogP contribution < -0.4 is 0 Å². The summed E-state index contributed by atoms with van der Waals surface area (Å²) in [6.07, 6.45) is 2.56. The van der Waals surface area contributed by atoms with E-state index in [4.69, 9.17) is 11.6 Å². The van der Waals surface area contributed by atoms with E-state index in [0.29, 0.717) is 19.1 Å². The van der Waals surface area contributed by atoms with Gasteiger partial charge in [0.2, 0.25) is 10.0 Å². The molecule has 112 valence electrons. The molecule has 2 heterocycles. The summed E-state index contributed by atoms with van der Waals surface area (Å²) in [5, 5.41) is 0.0388. The maximum atomic E-state index is 12.5. The molecule has 0 aromatic carbocycles. The number of nitrogens with zero attached hydrogens (tertiary/aromatic N) is 3. The van der Waals surface area contributed by atoms with Crippen LogP contribution in [0.15, 0.2) is 23.2 Å². The molecule has 1 aliphatic heterocycles. The van der Waals surface area contributed by atoms with Crippen molar-refractivity contribution in [3.63, 3.8) is 0 Å². The van der Waals surface area contributed by atoms with Crippen LogP contribution in [0.5, 0.6) is 0 Å².